The molecule has 0 unspecified atom stereocenters. The van der Waals surface area contributed by atoms with Crippen LogP contribution in [-0.2, 0) is 36.1 Å². The van der Waals surface area contributed by atoms with Crippen LogP contribution in [0.5, 0.6) is 5.75 Å². The second-order valence-corrected chi connectivity index (χ2v) is 10.9. The van der Waals surface area contributed by atoms with E-state index < -0.39 is 32.2 Å². The van der Waals surface area contributed by atoms with Gasteiger partial charge in [0.05, 0.1) is 12.0 Å². The van der Waals surface area contributed by atoms with Crippen molar-refractivity contribution in [3.63, 3.8) is 0 Å². The van der Waals surface area contributed by atoms with E-state index in [-0.39, 0.29) is 23.8 Å². The lowest BCUT2D eigenvalue weighted by Gasteiger charge is -2.26. The van der Waals surface area contributed by atoms with E-state index in [9.17, 15) is 21.6 Å². The number of esters is 1. The molecule has 0 aliphatic rings. The number of carbonyl (C=O) groups is 1. The minimum Gasteiger partial charge on any atom is -0.465 e. The second kappa shape index (κ2) is 11.9. The summed E-state index contributed by atoms with van der Waals surface area (Å²) in [7, 11) is -6.90. The van der Waals surface area contributed by atoms with E-state index in [4.69, 9.17) is 8.92 Å². The molecule has 1 atom stereocenters. The first-order chi connectivity index (χ1) is 17.1. The largest absolute Gasteiger partial charge is 0.465 e. The Morgan fingerprint density at radius 2 is 1.64 bits per heavy atom. The van der Waals surface area contributed by atoms with E-state index in [0.717, 1.165) is 9.71 Å². The van der Waals surface area contributed by atoms with E-state index in [1.54, 1.807) is 55.5 Å². The molecule has 190 valence electrons. The van der Waals surface area contributed by atoms with Crippen molar-refractivity contribution in [1.29, 1.82) is 0 Å². The molecular weight excluding hydrogens is 504 g/mol. The third kappa shape index (κ3) is 7.00. The summed E-state index contributed by atoms with van der Waals surface area (Å²) in [5.41, 5.74) is 1.00. The number of likely N-dealkylation sites (N-methyl/N-ethyl adjacent to an activating group) is 1. The van der Waals surface area contributed by atoms with Crippen LogP contribution in [0.3, 0.4) is 0 Å². The summed E-state index contributed by atoms with van der Waals surface area (Å²) < 4.78 is 62.2. The molecule has 3 rings (SSSR count). The first kappa shape index (κ1) is 27.1. The second-order valence-electron chi connectivity index (χ2n) is 7.55. The molecule has 0 aliphatic carbocycles. The zero-order valence-corrected chi connectivity index (χ0v) is 21.4. The number of ether oxygens (including phenoxy) is 1. The van der Waals surface area contributed by atoms with Gasteiger partial charge in [0.2, 0.25) is 0 Å². The SMILES string of the molecule is CCOC(=O)[C@H](Cc1ccccc1/C=C/S(=O)(=O)Oc1ccccc1)N(C)S(=O)(=O)c1ccccn1. The van der Waals surface area contributed by atoms with Crippen LogP contribution in [0.2, 0.25) is 0 Å². The molecule has 1 aromatic heterocycles. The minimum absolute atomic E-state index is 0.0590. The van der Waals surface area contributed by atoms with E-state index >= 15 is 0 Å². The normalized spacial score (nSPS) is 13.0. The lowest BCUT2D eigenvalue weighted by molar-refractivity contribution is -0.147. The topological polar surface area (TPSA) is 120 Å². The van der Waals surface area contributed by atoms with Gasteiger partial charge < -0.3 is 8.92 Å². The van der Waals surface area contributed by atoms with Crippen LogP contribution >= 0.6 is 0 Å². The molecule has 0 N–H and O–H groups in total. The van der Waals surface area contributed by atoms with Crippen LogP contribution in [0.1, 0.15) is 18.1 Å². The first-order valence-electron chi connectivity index (χ1n) is 11.0. The quantitative estimate of drug-likeness (QED) is 0.274. The number of benzene rings is 2. The van der Waals surface area contributed by atoms with Gasteiger partial charge in [-0.05, 0) is 48.4 Å². The van der Waals surface area contributed by atoms with E-state index in [0.29, 0.717) is 11.1 Å². The third-order valence-electron chi connectivity index (χ3n) is 5.12. The van der Waals surface area contributed by atoms with Gasteiger partial charge in [0.25, 0.3) is 10.0 Å². The number of hydrogen-bond acceptors (Lipinski definition) is 8. The molecule has 0 saturated heterocycles. The number of para-hydroxylation sites is 1. The average molecular weight is 531 g/mol. The minimum atomic E-state index is -4.12. The Labute approximate surface area is 211 Å². The maximum absolute atomic E-state index is 13.1. The Morgan fingerprint density at radius 1 is 0.972 bits per heavy atom. The highest BCUT2D eigenvalue weighted by atomic mass is 32.2. The predicted octanol–water partition coefficient (Wildman–Crippen LogP) is 3.26. The highest BCUT2D eigenvalue weighted by molar-refractivity contribution is 7.90. The summed E-state index contributed by atoms with van der Waals surface area (Å²) in [6, 6.07) is 18.0. The molecule has 1 heterocycles. The fourth-order valence-corrected chi connectivity index (χ4v) is 5.28. The fraction of sp³-hybridized carbons (Fsp3) is 0.200. The Morgan fingerprint density at radius 3 is 2.31 bits per heavy atom. The maximum atomic E-state index is 13.1. The van der Waals surface area contributed by atoms with Crippen LogP contribution in [0.4, 0.5) is 0 Å². The Hall–Kier alpha value is -3.54. The zero-order valence-electron chi connectivity index (χ0n) is 19.7. The molecule has 0 saturated carbocycles. The number of pyridine rings is 1. The molecule has 36 heavy (non-hydrogen) atoms. The summed E-state index contributed by atoms with van der Waals surface area (Å²) in [5.74, 6) is -0.572. The van der Waals surface area contributed by atoms with Crippen molar-refractivity contribution < 1.29 is 30.6 Å². The molecule has 0 spiro atoms. The summed E-state index contributed by atoms with van der Waals surface area (Å²) in [6.07, 6.45) is 2.61. The Bertz CT molecular complexity index is 1410. The van der Waals surface area contributed by atoms with Gasteiger partial charge in [0.1, 0.15) is 11.8 Å². The number of rotatable bonds is 11. The van der Waals surface area contributed by atoms with Crippen molar-refractivity contribution in [2.45, 2.75) is 24.4 Å². The third-order valence-corrected chi connectivity index (χ3v) is 7.79. The Kier molecular flexibility index (Phi) is 8.97. The van der Waals surface area contributed by atoms with Gasteiger partial charge in [-0.1, -0.05) is 48.5 Å². The highest BCUT2D eigenvalue weighted by Gasteiger charge is 2.35. The smallest absolute Gasteiger partial charge is 0.332 e. The number of aromatic nitrogens is 1. The summed E-state index contributed by atoms with van der Waals surface area (Å²) in [6.45, 7) is 1.68. The predicted molar refractivity (Wildman–Crippen MR) is 135 cm³/mol. The molecule has 2 aromatic carbocycles. The van der Waals surface area contributed by atoms with Gasteiger partial charge in [0.15, 0.2) is 5.03 Å². The summed E-state index contributed by atoms with van der Waals surface area (Å²) >= 11 is 0. The maximum Gasteiger partial charge on any atom is 0.332 e. The molecule has 0 bridgehead atoms. The molecular formula is C25H26N2O7S2. The number of carbonyl (C=O) groups excluding carboxylic acids is 1. The van der Waals surface area contributed by atoms with Crippen molar-refractivity contribution in [2.24, 2.45) is 0 Å². The lowest BCUT2D eigenvalue weighted by atomic mass is 10.0. The standard InChI is InChI=1S/C25H26N2O7S2/c1-3-33-25(28)23(27(2)36(31,32)24-15-9-10-17-26-24)19-21-12-8-7-11-20(21)16-18-35(29,30)34-22-13-5-4-6-14-22/h4-18,23H,3,19H2,1-2H3/b18-16+/t23-/m0/s1. The van der Waals surface area contributed by atoms with E-state index in [2.05, 4.69) is 4.98 Å². The van der Waals surface area contributed by atoms with Crippen LogP contribution in [0, 0.1) is 0 Å². The Balaban J connectivity index is 1.90. The first-order valence-corrected chi connectivity index (χ1v) is 13.9. The zero-order chi connectivity index (χ0) is 26.2. The van der Waals surface area contributed by atoms with E-state index in [1.807, 2.05) is 0 Å². The average Bonchev–Trinajstić information content (AvgIpc) is 2.87. The van der Waals surface area contributed by atoms with Crippen LogP contribution in [0.15, 0.2) is 89.4 Å². The molecule has 11 heteroatoms. The molecule has 3 aromatic rings. The fourth-order valence-electron chi connectivity index (χ4n) is 3.30. The van der Waals surface area contributed by atoms with Crippen LogP contribution in [-0.4, -0.2) is 51.8 Å². The molecule has 0 amide bonds. The van der Waals surface area contributed by atoms with Gasteiger partial charge >= 0.3 is 16.1 Å². The van der Waals surface area contributed by atoms with Crippen molar-refractivity contribution in [1.82, 2.24) is 9.29 Å². The van der Waals surface area contributed by atoms with Gasteiger partial charge in [-0.3, -0.25) is 4.79 Å². The van der Waals surface area contributed by atoms with Gasteiger partial charge in [-0.15, -0.1) is 0 Å². The van der Waals surface area contributed by atoms with Crippen molar-refractivity contribution in [3.05, 3.63) is 95.5 Å². The number of nitrogens with zero attached hydrogens (tertiary/aromatic N) is 2. The number of hydrogen-bond donors (Lipinski definition) is 0. The summed E-state index contributed by atoms with van der Waals surface area (Å²) in [4.78, 5) is 16.7. The van der Waals surface area contributed by atoms with Crippen molar-refractivity contribution >= 4 is 32.2 Å². The van der Waals surface area contributed by atoms with Crippen molar-refractivity contribution in [3.8, 4) is 5.75 Å². The lowest BCUT2D eigenvalue weighted by Crippen LogP contribution is -2.45. The highest BCUT2D eigenvalue weighted by Crippen LogP contribution is 2.21. The van der Waals surface area contributed by atoms with Crippen LogP contribution < -0.4 is 4.18 Å². The van der Waals surface area contributed by atoms with Crippen molar-refractivity contribution in [2.75, 3.05) is 13.7 Å². The van der Waals surface area contributed by atoms with Gasteiger partial charge in [-0.2, -0.15) is 12.7 Å². The molecule has 0 fully saturated rings. The molecule has 0 radical (unpaired) electrons. The summed E-state index contributed by atoms with van der Waals surface area (Å²) in [5, 5.41) is 0.700. The van der Waals surface area contributed by atoms with E-state index in [1.165, 1.54) is 43.6 Å². The molecule has 9 nitrogen and oxygen atoms in total. The number of sulfonamides is 1. The van der Waals surface area contributed by atoms with Crippen LogP contribution in [0.25, 0.3) is 6.08 Å². The molecule has 0 aliphatic heterocycles. The monoisotopic (exact) mass is 530 g/mol. The van der Waals surface area contributed by atoms with Gasteiger partial charge in [0, 0.05) is 19.7 Å². The van der Waals surface area contributed by atoms with Gasteiger partial charge in [-0.25, -0.2) is 13.4 Å².